The average Bonchev–Trinajstić information content (AvgIpc) is 3.03. The molecule has 2 atom stereocenters. The molecule has 0 aliphatic carbocycles. The summed E-state index contributed by atoms with van der Waals surface area (Å²) in [6.45, 7) is 8.93. The molecule has 1 aliphatic heterocycles. The third-order valence-electron chi connectivity index (χ3n) is 5.20. The second kappa shape index (κ2) is 8.35. The van der Waals surface area contributed by atoms with Crippen LogP contribution in [-0.4, -0.2) is 53.5 Å². The Bertz CT molecular complexity index is 1010. The van der Waals surface area contributed by atoms with Crippen molar-refractivity contribution in [2.75, 3.05) is 20.1 Å². The minimum Gasteiger partial charge on any atom is -0.385 e. The summed E-state index contributed by atoms with van der Waals surface area (Å²) >= 11 is 0. The predicted molar refractivity (Wildman–Crippen MR) is 110 cm³/mol. The van der Waals surface area contributed by atoms with Crippen LogP contribution in [0.5, 0.6) is 0 Å². The zero-order chi connectivity index (χ0) is 21.9. The van der Waals surface area contributed by atoms with E-state index in [0.29, 0.717) is 17.7 Å². The van der Waals surface area contributed by atoms with E-state index in [1.165, 1.54) is 11.8 Å². The molecule has 0 spiro atoms. The average molecular weight is 406 g/mol. The van der Waals surface area contributed by atoms with Crippen LogP contribution in [0.4, 0.5) is 4.79 Å². The van der Waals surface area contributed by atoms with Gasteiger partial charge in [0.15, 0.2) is 0 Å². The zero-order valence-corrected chi connectivity index (χ0v) is 16.7. The number of benzene rings is 2. The molecule has 1 fully saturated rings. The molecular formula is C22H22N4O4. The van der Waals surface area contributed by atoms with Crippen LogP contribution < -0.4 is 10.6 Å². The Balaban J connectivity index is 1.74. The molecule has 8 heteroatoms. The Morgan fingerprint density at radius 1 is 1.13 bits per heavy atom. The molecule has 30 heavy (non-hydrogen) atoms. The van der Waals surface area contributed by atoms with Crippen LogP contribution in [0.2, 0.25) is 0 Å². The van der Waals surface area contributed by atoms with Gasteiger partial charge >= 0.3 is 6.03 Å². The van der Waals surface area contributed by atoms with Crippen LogP contribution in [0.1, 0.15) is 28.9 Å². The highest BCUT2D eigenvalue weighted by Gasteiger charge is 2.48. The third-order valence-corrected chi connectivity index (χ3v) is 5.20. The van der Waals surface area contributed by atoms with E-state index in [4.69, 9.17) is 6.57 Å². The number of imide groups is 1. The number of hydrogen-bond donors (Lipinski definition) is 3. The standard InChI is InChI=1S/C22H22N4O4/c1-22(20(29)24-21(30)25-22)18(27)16-8-4-14(5-9-16)15-6-10-17(11-7-15)19(28)26(3)13-12-23-2/h4-11,18,27H,12-13H2,1,3H3,(H2,24,25,29,30). The van der Waals surface area contributed by atoms with E-state index in [9.17, 15) is 19.5 Å². The van der Waals surface area contributed by atoms with Crippen LogP contribution in [0.25, 0.3) is 16.0 Å². The van der Waals surface area contributed by atoms with Gasteiger partial charge in [0.05, 0.1) is 6.54 Å². The number of rotatable bonds is 6. The molecule has 1 aliphatic rings. The Hall–Kier alpha value is -3.70. The van der Waals surface area contributed by atoms with Gasteiger partial charge in [0, 0.05) is 12.6 Å². The van der Waals surface area contributed by atoms with Gasteiger partial charge in [-0.1, -0.05) is 36.4 Å². The highest BCUT2D eigenvalue weighted by molar-refractivity contribution is 6.07. The Morgan fingerprint density at radius 2 is 1.70 bits per heavy atom. The highest BCUT2D eigenvalue weighted by Crippen LogP contribution is 2.30. The maximum Gasteiger partial charge on any atom is 0.322 e. The molecule has 0 bridgehead atoms. The SMILES string of the molecule is [C-]#[N+]CCN(C)C(=O)c1ccc(-c2ccc(C(O)C3(C)NC(=O)NC3=O)cc2)cc1. The predicted octanol–water partition coefficient (Wildman–Crippen LogP) is 1.98. The van der Waals surface area contributed by atoms with Gasteiger partial charge in [0.1, 0.15) is 11.6 Å². The van der Waals surface area contributed by atoms with Crippen molar-refractivity contribution in [2.45, 2.75) is 18.6 Å². The summed E-state index contributed by atoms with van der Waals surface area (Å²) in [5, 5.41) is 15.2. The molecule has 2 aromatic carbocycles. The summed E-state index contributed by atoms with van der Waals surface area (Å²) in [6.07, 6.45) is -1.20. The number of aliphatic hydroxyl groups excluding tert-OH is 1. The molecule has 3 N–H and O–H groups in total. The lowest BCUT2D eigenvalue weighted by molar-refractivity contribution is -0.127. The Morgan fingerprint density at radius 3 is 2.20 bits per heavy atom. The maximum atomic E-state index is 12.4. The van der Waals surface area contributed by atoms with Gasteiger partial charge < -0.3 is 20.2 Å². The van der Waals surface area contributed by atoms with Crippen molar-refractivity contribution in [2.24, 2.45) is 0 Å². The van der Waals surface area contributed by atoms with Crippen molar-refractivity contribution in [1.29, 1.82) is 0 Å². The summed E-state index contributed by atoms with van der Waals surface area (Å²) < 4.78 is 0. The number of nitrogens with zero attached hydrogens (tertiary/aromatic N) is 2. The smallest absolute Gasteiger partial charge is 0.322 e. The van der Waals surface area contributed by atoms with E-state index in [1.54, 1.807) is 43.4 Å². The summed E-state index contributed by atoms with van der Waals surface area (Å²) in [4.78, 5) is 40.6. The highest BCUT2D eigenvalue weighted by atomic mass is 16.3. The number of nitrogens with one attached hydrogen (secondary N) is 2. The molecule has 2 unspecified atom stereocenters. The van der Waals surface area contributed by atoms with E-state index < -0.39 is 23.6 Å². The number of amides is 4. The van der Waals surface area contributed by atoms with Gasteiger partial charge in [0.2, 0.25) is 6.54 Å². The monoisotopic (exact) mass is 406 g/mol. The quantitative estimate of drug-likeness (QED) is 0.504. The van der Waals surface area contributed by atoms with Crippen molar-refractivity contribution >= 4 is 17.8 Å². The van der Waals surface area contributed by atoms with Crippen molar-refractivity contribution in [3.63, 3.8) is 0 Å². The van der Waals surface area contributed by atoms with E-state index >= 15 is 0 Å². The fourth-order valence-electron chi connectivity index (χ4n) is 3.27. The van der Waals surface area contributed by atoms with Gasteiger partial charge in [0.25, 0.3) is 11.8 Å². The summed E-state index contributed by atoms with van der Waals surface area (Å²) in [7, 11) is 1.67. The molecule has 1 heterocycles. The zero-order valence-electron chi connectivity index (χ0n) is 16.7. The minimum atomic E-state index is -1.43. The first-order valence-corrected chi connectivity index (χ1v) is 9.37. The summed E-state index contributed by atoms with van der Waals surface area (Å²) in [6, 6.07) is 13.5. The number of urea groups is 1. The second-order valence-corrected chi connectivity index (χ2v) is 7.32. The first kappa shape index (κ1) is 21.0. The molecule has 0 radical (unpaired) electrons. The maximum absolute atomic E-state index is 12.4. The fourth-order valence-corrected chi connectivity index (χ4v) is 3.27. The van der Waals surface area contributed by atoms with Crippen molar-refractivity contribution in [3.8, 4) is 11.1 Å². The van der Waals surface area contributed by atoms with Crippen LogP contribution in [0, 0.1) is 6.57 Å². The van der Waals surface area contributed by atoms with Gasteiger partial charge in [-0.15, -0.1) is 0 Å². The van der Waals surface area contributed by atoms with Crippen LogP contribution >= 0.6 is 0 Å². The molecule has 0 aromatic heterocycles. The molecule has 3 rings (SSSR count). The van der Waals surface area contributed by atoms with Crippen molar-refractivity contribution < 1.29 is 19.5 Å². The Labute approximate surface area is 174 Å². The van der Waals surface area contributed by atoms with Crippen molar-refractivity contribution in [1.82, 2.24) is 15.5 Å². The molecule has 0 saturated carbocycles. The summed E-state index contributed by atoms with van der Waals surface area (Å²) in [5.74, 6) is -0.723. The number of hydrogen-bond acceptors (Lipinski definition) is 4. The first-order valence-electron chi connectivity index (χ1n) is 9.37. The van der Waals surface area contributed by atoms with E-state index in [1.807, 2.05) is 12.1 Å². The fraction of sp³-hybridized carbons (Fsp3) is 0.273. The van der Waals surface area contributed by atoms with E-state index in [2.05, 4.69) is 15.5 Å². The number of likely N-dealkylation sites (N-methyl/N-ethyl adjacent to an activating group) is 1. The molecule has 1 saturated heterocycles. The molecule has 154 valence electrons. The first-order chi connectivity index (χ1) is 14.3. The van der Waals surface area contributed by atoms with Gasteiger partial charge in [-0.2, -0.15) is 0 Å². The lowest BCUT2D eigenvalue weighted by atomic mass is 9.88. The molecular weight excluding hydrogens is 384 g/mol. The topological polar surface area (TPSA) is 103 Å². The van der Waals surface area contributed by atoms with Crippen molar-refractivity contribution in [3.05, 3.63) is 71.1 Å². The lowest BCUT2D eigenvalue weighted by Gasteiger charge is -2.27. The normalized spacial score (nSPS) is 18.9. The minimum absolute atomic E-state index is 0.145. The third kappa shape index (κ3) is 4.02. The van der Waals surface area contributed by atoms with E-state index in [0.717, 1.165) is 11.1 Å². The van der Waals surface area contributed by atoms with Crippen LogP contribution in [0.3, 0.4) is 0 Å². The van der Waals surface area contributed by atoms with Crippen LogP contribution in [-0.2, 0) is 4.79 Å². The van der Waals surface area contributed by atoms with Gasteiger partial charge in [-0.3, -0.25) is 14.9 Å². The molecule has 8 nitrogen and oxygen atoms in total. The summed E-state index contributed by atoms with van der Waals surface area (Å²) in [5.41, 5.74) is 1.35. The number of aliphatic hydroxyl groups is 1. The van der Waals surface area contributed by atoms with Gasteiger partial charge in [-0.25, -0.2) is 11.4 Å². The second-order valence-electron chi connectivity index (χ2n) is 7.32. The number of carbonyl (C=O) groups excluding carboxylic acids is 3. The number of carbonyl (C=O) groups is 3. The van der Waals surface area contributed by atoms with E-state index in [-0.39, 0.29) is 12.5 Å². The Kier molecular flexibility index (Phi) is 5.85. The largest absolute Gasteiger partial charge is 0.385 e. The lowest BCUT2D eigenvalue weighted by Crippen LogP contribution is -2.49. The van der Waals surface area contributed by atoms with Gasteiger partial charge in [-0.05, 0) is 35.7 Å². The molecule has 4 amide bonds. The molecule has 2 aromatic rings. The van der Waals surface area contributed by atoms with Crippen LogP contribution in [0.15, 0.2) is 48.5 Å².